The molecule has 0 saturated heterocycles. The highest BCUT2D eigenvalue weighted by atomic mass is 35.5. The lowest BCUT2D eigenvalue weighted by Gasteiger charge is -2.19. The predicted octanol–water partition coefficient (Wildman–Crippen LogP) is 3.73. The first-order valence-electron chi connectivity index (χ1n) is 5.78. The highest BCUT2D eigenvalue weighted by Gasteiger charge is 2.13. The first-order chi connectivity index (χ1) is 9.11. The number of nitrogens with two attached hydrogens (primary N) is 1. The summed E-state index contributed by atoms with van der Waals surface area (Å²) >= 11 is 5.73. The van der Waals surface area contributed by atoms with Gasteiger partial charge in [-0.25, -0.2) is 8.78 Å². The maximum atomic E-state index is 13.6. The number of benzene rings is 2. The van der Waals surface area contributed by atoms with Crippen molar-refractivity contribution in [3.05, 3.63) is 64.7 Å². The molecule has 0 aliphatic carbocycles. The zero-order valence-corrected chi connectivity index (χ0v) is 10.8. The second-order valence-electron chi connectivity index (χ2n) is 4.09. The summed E-state index contributed by atoms with van der Waals surface area (Å²) in [4.78, 5) is 0. The lowest BCUT2D eigenvalue weighted by molar-refractivity contribution is 0.622. The van der Waals surface area contributed by atoms with Crippen molar-refractivity contribution < 1.29 is 8.78 Å². The number of halogens is 3. The molecule has 2 rings (SSSR count). The van der Waals surface area contributed by atoms with E-state index < -0.39 is 5.82 Å². The van der Waals surface area contributed by atoms with Crippen LogP contribution >= 0.6 is 11.6 Å². The molecule has 0 aromatic heterocycles. The molecule has 0 bridgehead atoms. The van der Waals surface area contributed by atoms with Gasteiger partial charge in [-0.3, -0.25) is 0 Å². The third kappa shape index (κ3) is 3.22. The summed E-state index contributed by atoms with van der Waals surface area (Å²) in [7, 11) is 0. The van der Waals surface area contributed by atoms with Crippen LogP contribution in [0.4, 0.5) is 14.5 Å². The van der Waals surface area contributed by atoms with E-state index in [2.05, 4.69) is 5.32 Å². The van der Waals surface area contributed by atoms with E-state index in [1.54, 1.807) is 24.3 Å². The average Bonchev–Trinajstić information content (AvgIpc) is 2.41. The molecule has 3 N–H and O–H groups in total. The van der Waals surface area contributed by atoms with E-state index in [0.29, 0.717) is 11.3 Å². The topological polar surface area (TPSA) is 38.0 Å². The van der Waals surface area contributed by atoms with Gasteiger partial charge in [0, 0.05) is 6.54 Å². The van der Waals surface area contributed by atoms with Crippen molar-refractivity contribution in [2.24, 2.45) is 5.73 Å². The molecule has 0 aliphatic heterocycles. The van der Waals surface area contributed by atoms with Gasteiger partial charge in [-0.15, -0.1) is 0 Å². The molecule has 0 saturated carbocycles. The van der Waals surface area contributed by atoms with E-state index in [0.717, 1.165) is 0 Å². The molecule has 0 fully saturated rings. The minimum atomic E-state index is -0.493. The molecule has 1 atom stereocenters. The Kier molecular flexibility index (Phi) is 4.35. The van der Waals surface area contributed by atoms with Gasteiger partial charge >= 0.3 is 0 Å². The molecule has 100 valence electrons. The van der Waals surface area contributed by atoms with Crippen molar-refractivity contribution in [3.8, 4) is 0 Å². The van der Waals surface area contributed by atoms with Gasteiger partial charge in [-0.2, -0.15) is 0 Å². The Labute approximate surface area is 115 Å². The van der Waals surface area contributed by atoms with Gasteiger partial charge in [0.05, 0.1) is 16.8 Å². The van der Waals surface area contributed by atoms with Gasteiger partial charge in [0.1, 0.15) is 11.6 Å². The van der Waals surface area contributed by atoms with Crippen LogP contribution in [0.1, 0.15) is 11.6 Å². The van der Waals surface area contributed by atoms with Crippen molar-refractivity contribution in [3.63, 3.8) is 0 Å². The number of hydrogen-bond acceptors (Lipinski definition) is 2. The molecule has 0 amide bonds. The van der Waals surface area contributed by atoms with Crippen LogP contribution in [0.3, 0.4) is 0 Å². The molecule has 0 heterocycles. The fourth-order valence-electron chi connectivity index (χ4n) is 1.77. The Morgan fingerprint density at radius 1 is 1.11 bits per heavy atom. The van der Waals surface area contributed by atoms with Gasteiger partial charge in [-0.1, -0.05) is 29.8 Å². The Bertz CT molecular complexity index is 575. The quantitative estimate of drug-likeness (QED) is 0.897. The zero-order valence-electron chi connectivity index (χ0n) is 10.0. The molecule has 2 nitrogen and oxygen atoms in total. The van der Waals surface area contributed by atoms with Gasteiger partial charge in [-0.05, 0) is 29.8 Å². The van der Waals surface area contributed by atoms with Crippen LogP contribution in [0.25, 0.3) is 0 Å². The first-order valence-corrected chi connectivity index (χ1v) is 6.15. The van der Waals surface area contributed by atoms with E-state index in [1.165, 1.54) is 18.2 Å². The molecular weight excluding hydrogens is 270 g/mol. The molecule has 1 unspecified atom stereocenters. The van der Waals surface area contributed by atoms with Crippen molar-refractivity contribution >= 4 is 17.3 Å². The fourth-order valence-corrected chi connectivity index (χ4v) is 1.96. The van der Waals surface area contributed by atoms with E-state index in [9.17, 15) is 8.78 Å². The van der Waals surface area contributed by atoms with E-state index >= 15 is 0 Å². The third-order valence-electron chi connectivity index (χ3n) is 2.79. The normalized spacial score (nSPS) is 12.2. The van der Waals surface area contributed by atoms with Crippen molar-refractivity contribution in [2.45, 2.75) is 6.04 Å². The van der Waals surface area contributed by atoms with Gasteiger partial charge in [0.2, 0.25) is 0 Å². The molecule has 0 radical (unpaired) electrons. The van der Waals surface area contributed by atoms with Crippen molar-refractivity contribution in [1.82, 2.24) is 0 Å². The number of nitrogens with one attached hydrogen (secondary N) is 1. The van der Waals surface area contributed by atoms with Crippen LogP contribution in [-0.4, -0.2) is 6.54 Å². The first kappa shape index (κ1) is 13.8. The molecule has 0 spiro atoms. The summed E-state index contributed by atoms with van der Waals surface area (Å²) in [5.74, 6) is -0.860. The van der Waals surface area contributed by atoms with Crippen LogP contribution in [-0.2, 0) is 0 Å². The van der Waals surface area contributed by atoms with Crippen molar-refractivity contribution in [1.29, 1.82) is 0 Å². The minimum absolute atomic E-state index is 0.0197. The van der Waals surface area contributed by atoms with Crippen LogP contribution in [0.15, 0.2) is 42.5 Å². The third-order valence-corrected chi connectivity index (χ3v) is 3.07. The van der Waals surface area contributed by atoms with Gasteiger partial charge in [0.15, 0.2) is 0 Å². The van der Waals surface area contributed by atoms with Crippen LogP contribution < -0.4 is 11.1 Å². The summed E-state index contributed by atoms with van der Waals surface area (Å²) in [6, 6.07) is 10.3. The monoisotopic (exact) mass is 282 g/mol. The standard InChI is InChI=1S/C14H13ClF2N2/c15-10-7-9(5-6-11(10)16)14(8-18)19-13-4-2-1-3-12(13)17/h1-7,14,19H,8,18H2. The Morgan fingerprint density at radius 2 is 1.84 bits per heavy atom. The van der Waals surface area contributed by atoms with Gasteiger partial charge < -0.3 is 11.1 Å². The van der Waals surface area contributed by atoms with E-state index in [4.69, 9.17) is 17.3 Å². The highest BCUT2D eigenvalue weighted by molar-refractivity contribution is 6.30. The summed E-state index contributed by atoms with van der Waals surface area (Å²) in [6.45, 7) is 0.232. The maximum Gasteiger partial charge on any atom is 0.146 e. The predicted molar refractivity (Wildman–Crippen MR) is 73.2 cm³/mol. The van der Waals surface area contributed by atoms with Crippen LogP contribution in [0.5, 0.6) is 0 Å². The van der Waals surface area contributed by atoms with Crippen LogP contribution in [0, 0.1) is 11.6 Å². The molecule has 2 aromatic carbocycles. The Morgan fingerprint density at radius 3 is 2.47 bits per heavy atom. The molecule has 0 aliphatic rings. The number of para-hydroxylation sites is 1. The summed E-state index contributed by atoms with van der Waals surface area (Å²) in [6.07, 6.45) is 0. The number of rotatable bonds is 4. The van der Waals surface area contributed by atoms with Crippen molar-refractivity contribution in [2.75, 3.05) is 11.9 Å². The molecule has 5 heteroatoms. The van der Waals surface area contributed by atoms with Crippen LogP contribution in [0.2, 0.25) is 5.02 Å². The van der Waals surface area contributed by atoms with E-state index in [1.807, 2.05) is 0 Å². The lowest BCUT2D eigenvalue weighted by Crippen LogP contribution is -2.21. The summed E-state index contributed by atoms with van der Waals surface area (Å²) in [5.41, 5.74) is 6.72. The summed E-state index contributed by atoms with van der Waals surface area (Å²) in [5, 5.41) is 3.00. The number of hydrogen-bond donors (Lipinski definition) is 2. The SMILES string of the molecule is NCC(Nc1ccccc1F)c1ccc(F)c(Cl)c1. The highest BCUT2D eigenvalue weighted by Crippen LogP contribution is 2.24. The molecule has 19 heavy (non-hydrogen) atoms. The smallest absolute Gasteiger partial charge is 0.146 e. The second-order valence-corrected chi connectivity index (χ2v) is 4.49. The molecular formula is C14H13ClF2N2. The molecule has 2 aromatic rings. The Hall–Kier alpha value is -1.65. The van der Waals surface area contributed by atoms with Gasteiger partial charge in [0.25, 0.3) is 0 Å². The fraction of sp³-hybridized carbons (Fsp3) is 0.143. The lowest BCUT2D eigenvalue weighted by atomic mass is 10.1. The zero-order chi connectivity index (χ0) is 13.8. The number of anilines is 1. The Balaban J connectivity index is 2.25. The maximum absolute atomic E-state index is 13.6. The largest absolute Gasteiger partial charge is 0.375 e. The summed E-state index contributed by atoms with van der Waals surface area (Å²) < 4.78 is 26.7. The minimum Gasteiger partial charge on any atom is -0.375 e. The average molecular weight is 283 g/mol. The van der Waals surface area contributed by atoms with E-state index in [-0.39, 0.29) is 23.4 Å². The second kappa shape index (κ2) is 5.99.